The minimum Gasteiger partial charge on any atom is -0.353 e. The van der Waals surface area contributed by atoms with Crippen LogP contribution in [0, 0.1) is 0 Å². The third-order valence-corrected chi connectivity index (χ3v) is 4.03. The number of hydrogen-bond donors (Lipinski definition) is 1. The molecule has 5 heteroatoms. The van der Waals surface area contributed by atoms with Gasteiger partial charge in [0, 0.05) is 29.7 Å². The highest BCUT2D eigenvalue weighted by Crippen LogP contribution is 2.26. The lowest BCUT2D eigenvalue weighted by molar-refractivity contribution is -0.120. The first-order valence-electron chi connectivity index (χ1n) is 7.78. The number of aryl methyl sites for hydroxylation is 1. The van der Waals surface area contributed by atoms with Crippen molar-refractivity contribution in [2.75, 3.05) is 6.54 Å². The highest BCUT2D eigenvalue weighted by molar-refractivity contribution is 6.30. The van der Waals surface area contributed by atoms with Crippen molar-refractivity contribution in [3.05, 3.63) is 72.0 Å². The van der Waals surface area contributed by atoms with Crippen LogP contribution in [0.15, 0.2) is 61.3 Å². The van der Waals surface area contributed by atoms with Crippen LogP contribution in [0.25, 0.3) is 16.9 Å². The Hall–Kier alpha value is -2.59. The monoisotopic (exact) mass is 339 g/mol. The van der Waals surface area contributed by atoms with E-state index in [4.69, 9.17) is 16.6 Å². The average Bonchev–Trinajstić information content (AvgIpc) is 2.97. The maximum atomic E-state index is 11.9. The minimum absolute atomic E-state index is 0.00263. The number of carbonyl (C=O) groups is 1. The topological polar surface area (TPSA) is 46.4 Å². The molecule has 0 bridgehead atoms. The number of imidazole rings is 1. The first-order chi connectivity index (χ1) is 11.7. The minimum atomic E-state index is 0.00263. The highest BCUT2D eigenvalue weighted by atomic mass is 35.5. The highest BCUT2D eigenvalue weighted by Gasteiger charge is 2.15. The van der Waals surface area contributed by atoms with Crippen molar-refractivity contribution in [3.63, 3.8) is 0 Å². The fourth-order valence-corrected chi connectivity index (χ4v) is 2.76. The molecule has 3 aromatic rings. The number of fused-ring (bicyclic) bond motifs is 1. The first kappa shape index (κ1) is 16.3. The molecule has 3 rings (SSSR count). The number of benzene rings is 1. The smallest absolute Gasteiger partial charge is 0.220 e. The van der Waals surface area contributed by atoms with Gasteiger partial charge in [0.25, 0.3) is 0 Å². The van der Waals surface area contributed by atoms with E-state index in [9.17, 15) is 4.79 Å². The van der Waals surface area contributed by atoms with Gasteiger partial charge in [0.2, 0.25) is 5.91 Å². The summed E-state index contributed by atoms with van der Waals surface area (Å²) in [6.07, 6.45) is 4.65. The largest absolute Gasteiger partial charge is 0.353 e. The van der Waals surface area contributed by atoms with Crippen molar-refractivity contribution < 1.29 is 4.79 Å². The van der Waals surface area contributed by atoms with E-state index in [1.54, 1.807) is 6.08 Å². The molecule has 0 saturated heterocycles. The number of amides is 1. The second-order valence-corrected chi connectivity index (χ2v) is 5.87. The van der Waals surface area contributed by atoms with Gasteiger partial charge in [0.1, 0.15) is 5.65 Å². The zero-order valence-electron chi connectivity index (χ0n) is 13.2. The molecule has 0 saturated carbocycles. The molecule has 0 spiro atoms. The molecule has 24 heavy (non-hydrogen) atoms. The molecule has 4 nitrogen and oxygen atoms in total. The molecule has 2 heterocycles. The molecule has 1 N–H and O–H groups in total. The quantitative estimate of drug-likeness (QED) is 0.692. The van der Waals surface area contributed by atoms with Crippen LogP contribution < -0.4 is 5.32 Å². The zero-order chi connectivity index (χ0) is 16.9. The fraction of sp³-hybridized carbons (Fsp3) is 0.158. The van der Waals surface area contributed by atoms with Crippen LogP contribution in [0.4, 0.5) is 0 Å². The fourth-order valence-electron chi connectivity index (χ4n) is 2.63. The standard InChI is InChI=1S/C19H18ClN3O/c1-2-12-21-18(24)11-10-16-19(14-6-8-15(20)9-7-14)22-17-5-3-4-13-23(16)17/h2-9,13H,1,10-12H2,(H,21,24). The molecule has 0 atom stereocenters. The SMILES string of the molecule is C=CCNC(=O)CCc1c(-c2ccc(Cl)cc2)nc2ccccn12. The van der Waals surface area contributed by atoms with Crippen molar-refractivity contribution in [2.45, 2.75) is 12.8 Å². The molecular formula is C19H18ClN3O. The summed E-state index contributed by atoms with van der Waals surface area (Å²) in [7, 11) is 0. The van der Waals surface area contributed by atoms with Crippen molar-refractivity contribution >= 4 is 23.2 Å². The van der Waals surface area contributed by atoms with Gasteiger partial charge in [0.15, 0.2) is 0 Å². The van der Waals surface area contributed by atoms with Gasteiger partial charge < -0.3 is 9.72 Å². The second-order valence-electron chi connectivity index (χ2n) is 5.44. The molecule has 0 aliphatic heterocycles. The lowest BCUT2D eigenvalue weighted by atomic mass is 10.1. The summed E-state index contributed by atoms with van der Waals surface area (Å²) in [5.41, 5.74) is 3.75. The van der Waals surface area contributed by atoms with Gasteiger partial charge in [-0.1, -0.05) is 35.9 Å². The lowest BCUT2D eigenvalue weighted by Gasteiger charge is -2.06. The van der Waals surface area contributed by atoms with Gasteiger partial charge in [-0.2, -0.15) is 0 Å². The number of halogens is 1. The number of nitrogens with one attached hydrogen (secondary N) is 1. The summed E-state index contributed by atoms with van der Waals surface area (Å²) >= 11 is 5.98. The summed E-state index contributed by atoms with van der Waals surface area (Å²) in [6.45, 7) is 4.09. The normalized spacial score (nSPS) is 10.7. The molecule has 1 aromatic carbocycles. The third-order valence-electron chi connectivity index (χ3n) is 3.78. The molecule has 122 valence electrons. The van der Waals surface area contributed by atoms with E-state index in [0.717, 1.165) is 22.6 Å². The van der Waals surface area contributed by atoms with E-state index in [0.29, 0.717) is 24.4 Å². The molecule has 2 aromatic heterocycles. The van der Waals surface area contributed by atoms with Crippen LogP contribution in [0.2, 0.25) is 5.02 Å². The molecule has 0 aliphatic carbocycles. The summed E-state index contributed by atoms with van der Waals surface area (Å²) in [6, 6.07) is 13.5. The molecule has 0 fully saturated rings. The van der Waals surface area contributed by atoms with Crippen LogP contribution in [0.3, 0.4) is 0 Å². The van der Waals surface area contributed by atoms with Crippen LogP contribution >= 0.6 is 11.6 Å². The molecule has 0 radical (unpaired) electrons. The number of carbonyl (C=O) groups excluding carboxylic acids is 1. The summed E-state index contributed by atoms with van der Waals surface area (Å²) in [5.74, 6) is 0.00263. The van der Waals surface area contributed by atoms with Crippen LogP contribution in [-0.2, 0) is 11.2 Å². The van der Waals surface area contributed by atoms with Crippen molar-refractivity contribution in [1.82, 2.24) is 14.7 Å². The molecule has 0 unspecified atom stereocenters. The molecule has 0 aliphatic rings. The van der Waals surface area contributed by atoms with Crippen LogP contribution in [0.5, 0.6) is 0 Å². The Morgan fingerprint density at radius 3 is 2.79 bits per heavy atom. The van der Waals surface area contributed by atoms with Gasteiger partial charge in [-0.15, -0.1) is 6.58 Å². The van der Waals surface area contributed by atoms with Gasteiger partial charge in [-0.25, -0.2) is 4.98 Å². The van der Waals surface area contributed by atoms with Gasteiger partial charge in [-0.3, -0.25) is 4.79 Å². The van der Waals surface area contributed by atoms with E-state index >= 15 is 0 Å². The van der Waals surface area contributed by atoms with Crippen molar-refractivity contribution in [3.8, 4) is 11.3 Å². The Morgan fingerprint density at radius 2 is 2.04 bits per heavy atom. The van der Waals surface area contributed by atoms with Crippen LogP contribution in [-0.4, -0.2) is 21.8 Å². The molecular weight excluding hydrogens is 322 g/mol. The van der Waals surface area contributed by atoms with Gasteiger partial charge >= 0.3 is 0 Å². The van der Waals surface area contributed by atoms with Gasteiger partial charge in [0.05, 0.1) is 11.4 Å². The summed E-state index contributed by atoms with van der Waals surface area (Å²) < 4.78 is 2.03. The van der Waals surface area contributed by atoms with Crippen LogP contribution in [0.1, 0.15) is 12.1 Å². The summed E-state index contributed by atoms with van der Waals surface area (Å²) in [4.78, 5) is 16.6. The third kappa shape index (κ3) is 3.49. The maximum absolute atomic E-state index is 11.9. The number of aromatic nitrogens is 2. The molecule has 1 amide bonds. The number of pyridine rings is 1. The van der Waals surface area contributed by atoms with E-state index < -0.39 is 0 Å². The van der Waals surface area contributed by atoms with Crippen molar-refractivity contribution in [1.29, 1.82) is 0 Å². The Labute approximate surface area is 145 Å². The maximum Gasteiger partial charge on any atom is 0.220 e. The lowest BCUT2D eigenvalue weighted by Crippen LogP contribution is -2.23. The Kier molecular flexibility index (Phi) is 4.96. The Bertz CT molecular complexity index is 868. The predicted molar refractivity (Wildman–Crippen MR) is 97.2 cm³/mol. The Morgan fingerprint density at radius 1 is 1.25 bits per heavy atom. The number of rotatable bonds is 6. The van der Waals surface area contributed by atoms with Crippen molar-refractivity contribution in [2.24, 2.45) is 0 Å². The van der Waals surface area contributed by atoms with E-state index in [2.05, 4.69) is 11.9 Å². The first-order valence-corrected chi connectivity index (χ1v) is 8.16. The summed E-state index contributed by atoms with van der Waals surface area (Å²) in [5, 5.41) is 3.49. The number of hydrogen-bond acceptors (Lipinski definition) is 2. The van der Waals surface area contributed by atoms with E-state index in [-0.39, 0.29) is 5.91 Å². The van der Waals surface area contributed by atoms with Gasteiger partial charge in [-0.05, 0) is 30.7 Å². The Balaban J connectivity index is 1.94. The average molecular weight is 340 g/mol. The van der Waals surface area contributed by atoms with E-state index in [1.807, 2.05) is 53.1 Å². The number of nitrogens with zero attached hydrogens (tertiary/aromatic N) is 2. The predicted octanol–water partition coefficient (Wildman–Crippen LogP) is 3.89. The second kappa shape index (κ2) is 7.32. The van der Waals surface area contributed by atoms with E-state index in [1.165, 1.54) is 0 Å². The zero-order valence-corrected chi connectivity index (χ0v) is 14.0.